The van der Waals surface area contributed by atoms with E-state index in [4.69, 9.17) is 9.26 Å². The van der Waals surface area contributed by atoms with E-state index in [1.165, 1.54) is 34.4 Å². The number of aromatic nitrogens is 2. The van der Waals surface area contributed by atoms with E-state index < -0.39 is 5.97 Å². The van der Waals surface area contributed by atoms with E-state index in [9.17, 15) is 14.4 Å². The van der Waals surface area contributed by atoms with E-state index in [1.54, 1.807) is 0 Å². The second-order valence-corrected chi connectivity index (χ2v) is 7.26. The maximum atomic E-state index is 12.5. The Balaban J connectivity index is 1.44. The minimum Gasteiger partial charge on any atom is -0.452 e. The topological polar surface area (TPSA) is 103 Å². The summed E-state index contributed by atoms with van der Waals surface area (Å²) in [7, 11) is 0. The summed E-state index contributed by atoms with van der Waals surface area (Å²) in [5.41, 5.74) is 1.53. The zero-order valence-electron chi connectivity index (χ0n) is 15.6. The third-order valence-electron chi connectivity index (χ3n) is 4.52. The minimum atomic E-state index is -0.643. The number of nitrogens with zero attached hydrogens (tertiary/aromatic N) is 3. The number of thiophene rings is 1. The molecule has 0 unspecified atom stereocenters. The highest BCUT2D eigenvalue weighted by Gasteiger charge is 2.35. The Morgan fingerprint density at radius 2 is 2.03 bits per heavy atom. The summed E-state index contributed by atoms with van der Waals surface area (Å²) in [6.45, 7) is 2.16. The van der Waals surface area contributed by atoms with Crippen LogP contribution in [0, 0.1) is 0 Å². The quantitative estimate of drug-likeness (QED) is 0.433. The van der Waals surface area contributed by atoms with Crippen LogP contribution < -0.4 is 0 Å². The Bertz CT molecular complexity index is 1070. The molecule has 2 amide bonds. The number of hydrogen-bond donors (Lipinski definition) is 0. The lowest BCUT2D eigenvalue weighted by Crippen LogP contribution is -2.30. The number of carbonyl (C=O) groups excluding carboxylic acids is 3. The minimum absolute atomic E-state index is 0.165. The molecule has 148 valence electrons. The predicted octanol–water partition coefficient (Wildman–Crippen LogP) is 3.55. The van der Waals surface area contributed by atoms with Gasteiger partial charge in [-0.1, -0.05) is 18.5 Å². The fraction of sp³-hybridized carbons (Fsp3) is 0.250. The van der Waals surface area contributed by atoms with Gasteiger partial charge in [0.05, 0.1) is 16.7 Å². The van der Waals surface area contributed by atoms with Gasteiger partial charge in [0.2, 0.25) is 5.82 Å². The van der Waals surface area contributed by atoms with E-state index in [0.717, 1.165) is 18.4 Å². The summed E-state index contributed by atoms with van der Waals surface area (Å²) in [6, 6.07) is 6.21. The third kappa shape index (κ3) is 3.68. The van der Waals surface area contributed by atoms with Crippen molar-refractivity contribution in [3.05, 3.63) is 57.6 Å². The van der Waals surface area contributed by atoms with Crippen LogP contribution in [0.25, 0.3) is 11.4 Å². The molecule has 0 atom stereocenters. The van der Waals surface area contributed by atoms with Gasteiger partial charge >= 0.3 is 5.97 Å². The average molecular weight is 411 g/mol. The molecule has 1 aliphatic heterocycles. The smallest absolute Gasteiger partial charge is 0.338 e. The Morgan fingerprint density at radius 1 is 1.21 bits per heavy atom. The fourth-order valence-corrected chi connectivity index (χ4v) is 3.60. The summed E-state index contributed by atoms with van der Waals surface area (Å²) >= 11 is 1.51. The van der Waals surface area contributed by atoms with Crippen molar-refractivity contribution in [3.8, 4) is 11.4 Å². The van der Waals surface area contributed by atoms with E-state index in [1.807, 2.05) is 23.8 Å². The molecule has 0 saturated carbocycles. The summed E-state index contributed by atoms with van der Waals surface area (Å²) in [5, 5.41) is 7.63. The SMILES string of the molecule is CCCCN1C(=O)c2ccc(C(=O)OCc3nc(-c4ccsc4)no3)cc2C1=O. The first-order chi connectivity index (χ1) is 14.1. The lowest BCUT2D eigenvalue weighted by Gasteiger charge is -2.12. The van der Waals surface area contributed by atoms with Gasteiger partial charge in [0.15, 0.2) is 6.61 Å². The van der Waals surface area contributed by atoms with Crippen molar-refractivity contribution < 1.29 is 23.6 Å². The summed E-state index contributed by atoms with van der Waals surface area (Å²) < 4.78 is 10.3. The lowest BCUT2D eigenvalue weighted by atomic mass is 10.1. The molecule has 29 heavy (non-hydrogen) atoms. The fourth-order valence-electron chi connectivity index (χ4n) is 2.97. The first-order valence-corrected chi connectivity index (χ1v) is 10.0. The number of benzene rings is 1. The highest BCUT2D eigenvalue weighted by Crippen LogP contribution is 2.25. The van der Waals surface area contributed by atoms with E-state index in [0.29, 0.717) is 17.9 Å². The van der Waals surface area contributed by atoms with Crippen LogP contribution in [0.1, 0.15) is 56.7 Å². The van der Waals surface area contributed by atoms with E-state index >= 15 is 0 Å². The molecular formula is C20H17N3O5S. The first kappa shape index (κ1) is 19.0. The second-order valence-electron chi connectivity index (χ2n) is 6.48. The molecule has 8 nitrogen and oxygen atoms in total. The van der Waals surface area contributed by atoms with Crippen LogP contribution in [0.4, 0.5) is 0 Å². The summed E-state index contributed by atoms with van der Waals surface area (Å²) in [4.78, 5) is 42.6. The number of amides is 2. The van der Waals surface area contributed by atoms with Crippen molar-refractivity contribution in [1.82, 2.24) is 15.0 Å². The Hall–Kier alpha value is -3.33. The number of unbranched alkanes of at least 4 members (excludes halogenated alkanes) is 1. The van der Waals surface area contributed by atoms with Crippen molar-refractivity contribution >= 4 is 29.1 Å². The maximum Gasteiger partial charge on any atom is 0.338 e. The van der Waals surface area contributed by atoms with Crippen LogP contribution in [0.2, 0.25) is 0 Å². The molecule has 0 N–H and O–H groups in total. The van der Waals surface area contributed by atoms with Gasteiger partial charge in [0.1, 0.15) is 0 Å². The molecule has 1 aliphatic rings. The maximum absolute atomic E-state index is 12.5. The van der Waals surface area contributed by atoms with Gasteiger partial charge in [-0.2, -0.15) is 16.3 Å². The number of hydrogen-bond acceptors (Lipinski definition) is 8. The van der Waals surface area contributed by atoms with Crippen LogP contribution >= 0.6 is 11.3 Å². The van der Waals surface area contributed by atoms with Crippen LogP contribution in [-0.4, -0.2) is 39.4 Å². The van der Waals surface area contributed by atoms with Crippen molar-refractivity contribution in [2.24, 2.45) is 0 Å². The molecule has 0 bridgehead atoms. The Kier molecular flexibility index (Phi) is 5.22. The normalized spacial score (nSPS) is 13.1. The molecule has 4 rings (SSSR count). The molecule has 0 spiro atoms. The third-order valence-corrected chi connectivity index (χ3v) is 5.20. The zero-order valence-corrected chi connectivity index (χ0v) is 16.4. The zero-order chi connectivity index (χ0) is 20.4. The average Bonchev–Trinajstić information content (AvgIpc) is 3.46. The lowest BCUT2D eigenvalue weighted by molar-refractivity contribution is 0.0429. The molecule has 0 aliphatic carbocycles. The van der Waals surface area contributed by atoms with Gasteiger partial charge in [-0.15, -0.1) is 0 Å². The number of carbonyl (C=O) groups is 3. The van der Waals surface area contributed by atoms with Crippen LogP contribution in [0.15, 0.2) is 39.5 Å². The molecule has 1 aromatic carbocycles. The molecule has 3 heterocycles. The highest BCUT2D eigenvalue weighted by molar-refractivity contribution is 7.08. The van der Waals surface area contributed by atoms with Crippen molar-refractivity contribution in [1.29, 1.82) is 0 Å². The monoisotopic (exact) mass is 411 g/mol. The van der Waals surface area contributed by atoms with Gasteiger partial charge in [0, 0.05) is 17.5 Å². The van der Waals surface area contributed by atoms with Gasteiger partial charge in [-0.3, -0.25) is 14.5 Å². The summed E-state index contributed by atoms with van der Waals surface area (Å²) in [5.74, 6) is -0.769. The molecule has 2 aromatic heterocycles. The number of fused-ring (bicyclic) bond motifs is 1. The second kappa shape index (κ2) is 7.96. The Morgan fingerprint density at radius 3 is 2.79 bits per heavy atom. The number of esters is 1. The molecule has 0 saturated heterocycles. The van der Waals surface area contributed by atoms with Crippen molar-refractivity contribution in [2.45, 2.75) is 26.4 Å². The first-order valence-electron chi connectivity index (χ1n) is 9.11. The van der Waals surface area contributed by atoms with Gasteiger partial charge in [-0.25, -0.2) is 4.79 Å². The van der Waals surface area contributed by atoms with E-state index in [-0.39, 0.29) is 35.4 Å². The number of imide groups is 1. The molecule has 0 fully saturated rings. The van der Waals surface area contributed by atoms with Crippen LogP contribution in [0.3, 0.4) is 0 Å². The van der Waals surface area contributed by atoms with Gasteiger partial charge < -0.3 is 9.26 Å². The highest BCUT2D eigenvalue weighted by atomic mass is 32.1. The van der Waals surface area contributed by atoms with E-state index in [2.05, 4.69) is 10.1 Å². The largest absolute Gasteiger partial charge is 0.452 e. The summed E-state index contributed by atoms with van der Waals surface area (Å²) in [6.07, 6.45) is 1.60. The number of ether oxygens (including phenoxy) is 1. The predicted molar refractivity (Wildman–Crippen MR) is 103 cm³/mol. The molecular weight excluding hydrogens is 394 g/mol. The van der Waals surface area contributed by atoms with Gasteiger partial charge in [0.25, 0.3) is 17.7 Å². The van der Waals surface area contributed by atoms with Crippen LogP contribution in [0.5, 0.6) is 0 Å². The molecule has 0 radical (unpaired) electrons. The van der Waals surface area contributed by atoms with Crippen molar-refractivity contribution in [2.75, 3.05) is 6.54 Å². The number of rotatable bonds is 7. The standard InChI is InChI=1S/C20H17N3O5S/c1-2-3-7-23-18(24)14-5-4-12(9-15(14)19(23)25)20(26)27-10-16-21-17(22-28-16)13-6-8-29-11-13/h4-6,8-9,11H,2-3,7,10H2,1H3. The molecule has 3 aromatic rings. The molecule has 9 heteroatoms. The Labute approximate surface area is 170 Å². The van der Waals surface area contributed by atoms with Gasteiger partial charge in [-0.05, 0) is 36.1 Å². The van der Waals surface area contributed by atoms with Crippen LogP contribution in [-0.2, 0) is 11.3 Å². The van der Waals surface area contributed by atoms with Crippen molar-refractivity contribution in [3.63, 3.8) is 0 Å².